The van der Waals surface area contributed by atoms with Gasteiger partial charge in [-0.25, -0.2) is 9.69 Å². The molecule has 2 aromatic rings. The number of benzene rings is 2. The van der Waals surface area contributed by atoms with Crippen molar-refractivity contribution in [1.29, 1.82) is 0 Å². The average molecular weight is 530 g/mol. The summed E-state index contributed by atoms with van der Waals surface area (Å²) in [6.45, 7) is 4.13. The Morgan fingerprint density at radius 2 is 1.97 bits per heavy atom. The predicted octanol–water partition coefficient (Wildman–Crippen LogP) is 3.68. The van der Waals surface area contributed by atoms with Crippen molar-refractivity contribution in [2.24, 2.45) is 0 Å². The van der Waals surface area contributed by atoms with E-state index in [9.17, 15) is 14.4 Å². The summed E-state index contributed by atoms with van der Waals surface area (Å²) in [7, 11) is 0. The van der Waals surface area contributed by atoms with Crippen LogP contribution in [0.15, 0.2) is 42.0 Å². The standard InChI is InChI=1S/C23H19IN2O5/c1-4-9-31-20-18(24)12-15(13-19(20)30-5-2)11-17-21(27)25-23(29)26(22(17)28)16-8-6-7-14(3)10-16/h1,6-8,10-13H,5,9H2,2-3H3,(H,25,27,29)/b17-11+. The fraction of sp³-hybridized carbons (Fsp3) is 0.174. The summed E-state index contributed by atoms with van der Waals surface area (Å²) in [4.78, 5) is 38.8. The van der Waals surface area contributed by atoms with Crippen molar-refractivity contribution >= 4 is 52.2 Å². The van der Waals surface area contributed by atoms with Crippen LogP contribution in [-0.2, 0) is 9.59 Å². The van der Waals surface area contributed by atoms with E-state index in [0.717, 1.165) is 10.5 Å². The van der Waals surface area contributed by atoms with Crippen LogP contribution >= 0.6 is 22.6 Å². The summed E-state index contributed by atoms with van der Waals surface area (Å²) < 4.78 is 11.9. The third kappa shape index (κ3) is 4.88. The fourth-order valence-electron chi connectivity index (χ4n) is 3.01. The Bertz CT molecular complexity index is 1130. The van der Waals surface area contributed by atoms with Gasteiger partial charge in [0.2, 0.25) is 0 Å². The van der Waals surface area contributed by atoms with Gasteiger partial charge in [0, 0.05) is 0 Å². The summed E-state index contributed by atoms with van der Waals surface area (Å²) >= 11 is 2.06. The molecule has 31 heavy (non-hydrogen) atoms. The van der Waals surface area contributed by atoms with Gasteiger partial charge >= 0.3 is 6.03 Å². The van der Waals surface area contributed by atoms with Gasteiger partial charge in [0.1, 0.15) is 12.2 Å². The van der Waals surface area contributed by atoms with E-state index in [0.29, 0.717) is 32.9 Å². The number of rotatable bonds is 6. The fourth-order valence-corrected chi connectivity index (χ4v) is 3.79. The van der Waals surface area contributed by atoms with E-state index in [-0.39, 0.29) is 12.2 Å². The molecule has 0 spiro atoms. The Labute approximate surface area is 193 Å². The van der Waals surface area contributed by atoms with Gasteiger partial charge < -0.3 is 9.47 Å². The number of carbonyl (C=O) groups excluding carboxylic acids is 3. The van der Waals surface area contributed by atoms with E-state index in [1.165, 1.54) is 6.08 Å². The van der Waals surface area contributed by atoms with Gasteiger partial charge in [-0.15, -0.1) is 6.42 Å². The molecular weight excluding hydrogens is 511 g/mol. The molecule has 1 fully saturated rings. The molecule has 0 saturated carbocycles. The van der Waals surface area contributed by atoms with Crippen molar-refractivity contribution < 1.29 is 23.9 Å². The van der Waals surface area contributed by atoms with Gasteiger partial charge in [-0.3, -0.25) is 14.9 Å². The van der Waals surface area contributed by atoms with E-state index in [2.05, 4.69) is 33.8 Å². The number of carbonyl (C=O) groups is 3. The lowest BCUT2D eigenvalue weighted by Gasteiger charge is -2.26. The average Bonchev–Trinajstić information content (AvgIpc) is 2.71. The van der Waals surface area contributed by atoms with Crippen molar-refractivity contribution in [1.82, 2.24) is 5.32 Å². The Balaban J connectivity index is 2.03. The minimum atomic E-state index is -0.791. The van der Waals surface area contributed by atoms with Crippen LogP contribution in [0.25, 0.3) is 6.08 Å². The van der Waals surface area contributed by atoms with Gasteiger partial charge in [-0.1, -0.05) is 18.1 Å². The van der Waals surface area contributed by atoms with Gasteiger partial charge in [0.15, 0.2) is 11.5 Å². The molecular formula is C23H19IN2O5. The zero-order valence-corrected chi connectivity index (χ0v) is 19.1. The number of nitrogens with zero attached hydrogens (tertiary/aromatic N) is 1. The van der Waals surface area contributed by atoms with Crippen molar-refractivity contribution in [2.45, 2.75) is 13.8 Å². The third-order valence-corrected chi connectivity index (χ3v) is 5.11. The second-order valence-electron chi connectivity index (χ2n) is 6.55. The van der Waals surface area contributed by atoms with Crippen LogP contribution < -0.4 is 19.7 Å². The molecule has 0 radical (unpaired) electrons. The molecule has 4 amide bonds. The normalized spacial score (nSPS) is 15.0. The van der Waals surface area contributed by atoms with Crippen LogP contribution in [0.1, 0.15) is 18.1 Å². The highest BCUT2D eigenvalue weighted by atomic mass is 127. The third-order valence-electron chi connectivity index (χ3n) is 4.30. The number of barbiturate groups is 1. The Morgan fingerprint density at radius 3 is 2.65 bits per heavy atom. The molecule has 158 valence electrons. The zero-order valence-electron chi connectivity index (χ0n) is 16.9. The SMILES string of the molecule is C#CCOc1c(I)cc(/C=C2\C(=O)NC(=O)N(c3cccc(C)c3)C2=O)cc1OCC. The van der Waals surface area contributed by atoms with Crippen LogP contribution in [0.4, 0.5) is 10.5 Å². The molecule has 0 aromatic heterocycles. The molecule has 0 atom stereocenters. The smallest absolute Gasteiger partial charge is 0.335 e. The Morgan fingerprint density at radius 1 is 1.19 bits per heavy atom. The van der Waals surface area contributed by atoms with Crippen LogP contribution in [0.5, 0.6) is 11.5 Å². The van der Waals surface area contributed by atoms with Gasteiger partial charge in [0.25, 0.3) is 11.8 Å². The van der Waals surface area contributed by atoms with Gasteiger partial charge in [-0.05, 0) is 77.9 Å². The molecule has 1 heterocycles. The van der Waals surface area contributed by atoms with Crippen LogP contribution in [-0.4, -0.2) is 31.1 Å². The van der Waals surface area contributed by atoms with Crippen LogP contribution in [0, 0.1) is 22.8 Å². The topological polar surface area (TPSA) is 84.9 Å². The number of hydrogen-bond donors (Lipinski definition) is 1. The zero-order chi connectivity index (χ0) is 22.5. The first-order chi connectivity index (χ1) is 14.8. The minimum Gasteiger partial charge on any atom is -0.490 e. The highest BCUT2D eigenvalue weighted by Crippen LogP contribution is 2.35. The van der Waals surface area contributed by atoms with E-state index in [1.807, 2.05) is 19.9 Å². The maximum Gasteiger partial charge on any atom is 0.335 e. The molecule has 1 saturated heterocycles. The van der Waals surface area contributed by atoms with Crippen molar-refractivity contribution in [3.8, 4) is 23.8 Å². The number of anilines is 1. The Kier molecular flexibility index (Phi) is 6.97. The number of urea groups is 1. The molecule has 8 heteroatoms. The summed E-state index contributed by atoms with van der Waals surface area (Å²) in [5, 5.41) is 2.22. The lowest BCUT2D eigenvalue weighted by atomic mass is 10.1. The summed E-state index contributed by atoms with van der Waals surface area (Å²) in [6.07, 6.45) is 6.69. The predicted molar refractivity (Wildman–Crippen MR) is 125 cm³/mol. The number of ether oxygens (including phenoxy) is 2. The first kappa shape index (κ1) is 22.4. The van der Waals surface area contributed by atoms with Gasteiger partial charge in [-0.2, -0.15) is 0 Å². The number of halogens is 1. The van der Waals surface area contributed by atoms with Crippen molar-refractivity contribution in [2.75, 3.05) is 18.1 Å². The molecule has 0 unspecified atom stereocenters. The van der Waals surface area contributed by atoms with E-state index in [1.54, 1.807) is 30.3 Å². The molecule has 1 N–H and O–H groups in total. The van der Waals surface area contributed by atoms with E-state index >= 15 is 0 Å². The number of hydrogen-bond acceptors (Lipinski definition) is 5. The van der Waals surface area contributed by atoms with Crippen molar-refractivity contribution in [3.05, 3.63) is 56.7 Å². The summed E-state index contributed by atoms with van der Waals surface area (Å²) in [6, 6.07) is 9.49. The summed E-state index contributed by atoms with van der Waals surface area (Å²) in [5.41, 5.74) is 1.62. The molecule has 3 rings (SSSR count). The number of amides is 4. The first-order valence-corrected chi connectivity index (χ1v) is 10.4. The van der Waals surface area contributed by atoms with E-state index in [4.69, 9.17) is 15.9 Å². The molecule has 0 aliphatic carbocycles. The van der Waals surface area contributed by atoms with Crippen LogP contribution in [0.2, 0.25) is 0 Å². The lowest BCUT2D eigenvalue weighted by molar-refractivity contribution is -0.122. The molecule has 1 aliphatic heterocycles. The maximum absolute atomic E-state index is 13.1. The number of aryl methyl sites for hydroxylation is 1. The quantitative estimate of drug-likeness (QED) is 0.267. The number of imide groups is 2. The van der Waals surface area contributed by atoms with Crippen molar-refractivity contribution in [3.63, 3.8) is 0 Å². The molecule has 0 bridgehead atoms. The highest BCUT2D eigenvalue weighted by Gasteiger charge is 2.36. The Hall–Kier alpha value is -3.32. The lowest BCUT2D eigenvalue weighted by Crippen LogP contribution is -2.54. The van der Waals surface area contributed by atoms with E-state index < -0.39 is 17.8 Å². The van der Waals surface area contributed by atoms with Crippen LogP contribution in [0.3, 0.4) is 0 Å². The van der Waals surface area contributed by atoms with Gasteiger partial charge in [0.05, 0.1) is 15.9 Å². The second kappa shape index (κ2) is 9.66. The molecule has 7 nitrogen and oxygen atoms in total. The largest absolute Gasteiger partial charge is 0.490 e. The number of nitrogens with one attached hydrogen (secondary N) is 1. The number of terminal acetylenes is 1. The second-order valence-corrected chi connectivity index (χ2v) is 7.71. The summed E-state index contributed by atoms with van der Waals surface area (Å²) in [5.74, 6) is 1.85. The monoisotopic (exact) mass is 530 g/mol. The highest BCUT2D eigenvalue weighted by molar-refractivity contribution is 14.1. The maximum atomic E-state index is 13.1. The minimum absolute atomic E-state index is 0.0744. The molecule has 2 aromatic carbocycles. The first-order valence-electron chi connectivity index (χ1n) is 9.36. The molecule has 1 aliphatic rings.